The SMILES string of the molecule is COCCN(Cc1cccn1C)C[C@H](O)COCC(C)C. The average Bonchev–Trinajstić information content (AvgIpc) is 2.81. The van der Waals surface area contributed by atoms with Crippen LogP contribution in [0.25, 0.3) is 0 Å². The quantitative estimate of drug-likeness (QED) is 0.673. The highest BCUT2D eigenvalue weighted by atomic mass is 16.5. The van der Waals surface area contributed by atoms with Gasteiger partial charge in [0.25, 0.3) is 0 Å². The van der Waals surface area contributed by atoms with Crippen molar-refractivity contribution in [1.82, 2.24) is 9.47 Å². The molecule has 0 fully saturated rings. The smallest absolute Gasteiger partial charge is 0.0900 e. The molecule has 5 nitrogen and oxygen atoms in total. The maximum absolute atomic E-state index is 10.1. The lowest BCUT2D eigenvalue weighted by Crippen LogP contribution is -2.37. The van der Waals surface area contributed by atoms with Gasteiger partial charge in [-0.25, -0.2) is 0 Å². The van der Waals surface area contributed by atoms with Crippen molar-refractivity contribution in [2.45, 2.75) is 26.5 Å². The van der Waals surface area contributed by atoms with Gasteiger partial charge >= 0.3 is 0 Å². The minimum absolute atomic E-state index is 0.384. The van der Waals surface area contributed by atoms with E-state index in [0.717, 1.165) is 13.1 Å². The van der Waals surface area contributed by atoms with Gasteiger partial charge < -0.3 is 19.1 Å². The first-order valence-electron chi connectivity index (χ1n) is 7.60. The van der Waals surface area contributed by atoms with Gasteiger partial charge in [0.2, 0.25) is 0 Å². The number of aryl methyl sites for hydroxylation is 1. The molecule has 21 heavy (non-hydrogen) atoms. The molecule has 1 atom stereocenters. The molecule has 0 aliphatic carbocycles. The second-order valence-corrected chi connectivity index (χ2v) is 5.92. The van der Waals surface area contributed by atoms with Crippen LogP contribution < -0.4 is 0 Å². The number of aliphatic hydroxyl groups is 1. The molecule has 0 aliphatic heterocycles. The second-order valence-electron chi connectivity index (χ2n) is 5.92. The van der Waals surface area contributed by atoms with Gasteiger partial charge in [-0.05, 0) is 18.1 Å². The third-order valence-corrected chi connectivity index (χ3v) is 3.28. The summed E-state index contributed by atoms with van der Waals surface area (Å²) in [5.41, 5.74) is 1.22. The number of hydrogen-bond acceptors (Lipinski definition) is 4. The fraction of sp³-hybridized carbons (Fsp3) is 0.750. The van der Waals surface area contributed by atoms with Crippen LogP contribution in [0.5, 0.6) is 0 Å². The summed E-state index contributed by atoms with van der Waals surface area (Å²) in [5, 5.41) is 10.1. The maximum atomic E-state index is 10.1. The lowest BCUT2D eigenvalue weighted by atomic mass is 10.2. The summed E-state index contributed by atoms with van der Waals surface area (Å²) in [4.78, 5) is 2.20. The summed E-state index contributed by atoms with van der Waals surface area (Å²) in [6.07, 6.45) is 1.56. The van der Waals surface area contributed by atoms with E-state index in [1.165, 1.54) is 5.69 Å². The summed E-state index contributed by atoms with van der Waals surface area (Å²) in [6.45, 7) is 8.12. The molecule has 1 aromatic heterocycles. The standard InChI is InChI=1S/C16H30N2O3/c1-14(2)12-21-13-16(19)11-18(8-9-20-4)10-15-6-5-7-17(15)3/h5-7,14,16,19H,8-13H2,1-4H3/t16-/m0/s1. The Morgan fingerprint density at radius 2 is 2.10 bits per heavy atom. The van der Waals surface area contributed by atoms with Gasteiger partial charge in [0.1, 0.15) is 0 Å². The fourth-order valence-electron chi connectivity index (χ4n) is 2.14. The first kappa shape index (κ1) is 18.2. The summed E-state index contributed by atoms with van der Waals surface area (Å²) < 4.78 is 12.8. The Kier molecular flexibility index (Phi) is 8.61. The zero-order valence-electron chi connectivity index (χ0n) is 13.8. The Bertz CT molecular complexity index is 379. The molecule has 0 saturated carbocycles. The zero-order valence-corrected chi connectivity index (χ0v) is 13.8. The number of nitrogens with zero attached hydrogens (tertiary/aromatic N) is 2. The number of ether oxygens (including phenoxy) is 2. The molecule has 0 unspecified atom stereocenters. The van der Waals surface area contributed by atoms with Crippen LogP contribution in [0.1, 0.15) is 19.5 Å². The van der Waals surface area contributed by atoms with E-state index in [-0.39, 0.29) is 0 Å². The Hall–Kier alpha value is -0.880. The van der Waals surface area contributed by atoms with Crippen LogP contribution in [-0.2, 0) is 23.1 Å². The van der Waals surface area contributed by atoms with Gasteiger partial charge in [0.05, 0.1) is 19.3 Å². The van der Waals surface area contributed by atoms with E-state index in [0.29, 0.717) is 32.3 Å². The molecule has 0 aromatic carbocycles. The van der Waals surface area contributed by atoms with Crippen molar-refractivity contribution in [3.63, 3.8) is 0 Å². The van der Waals surface area contributed by atoms with Crippen LogP contribution in [0.4, 0.5) is 0 Å². The van der Waals surface area contributed by atoms with E-state index >= 15 is 0 Å². The number of aliphatic hydroxyl groups excluding tert-OH is 1. The van der Waals surface area contributed by atoms with E-state index in [4.69, 9.17) is 9.47 Å². The summed E-state index contributed by atoms with van der Waals surface area (Å²) in [6, 6.07) is 4.13. The fourth-order valence-corrected chi connectivity index (χ4v) is 2.14. The predicted molar refractivity (Wildman–Crippen MR) is 84.2 cm³/mol. The highest BCUT2D eigenvalue weighted by Crippen LogP contribution is 2.06. The van der Waals surface area contributed by atoms with Gasteiger partial charge in [-0.3, -0.25) is 4.90 Å². The Morgan fingerprint density at radius 3 is 2.67 bits per heavy atom. The Labute approximate surface area is 128 Å². The number of rotatable bonds is 11. The monoisotopic (exact) mass is 298 g/mol. The van der Waals surface area contributed by atoms with E-state index in [2.05, 4.69) is 29.4 Å². The van der Waals surface area contributed by atoms with Gasteiger partial charge in [-0.2, -0.15) is 0 Å². The number of aromatic nitrogens is 1. The molecular weight excluding hydrogens is 268 g/mol. The zero-order chi connectivity index (χ0) is 15.7. The van der Waals surface area contributed by atoms with E-state index in [1.54, 1.807) is 7.11 Å². The molecule has 0 radical (unpaired) electrons. The van der Waals surface area contributed by atoms with Crippen molar-refractivity contribution in [2.75, 3.05) is 40.0 Å². The van der Waals surface area contributed by atoms with Gasteiger partial charge in [0.15, 0.2) is 0 Å². The molecule has 5 heteroatoms. The second kappa shape index (κ2) is 9.95. The van der Waals surface area contributed by atoms with Crippen molar-refractivity contribution < 1.29 is 14.6 Å². The molecule has 0 aliphatic rings. The van der Waals surface area contributed by atoms with Crippen LogP contribution in [-0.4, -0.2) is 60.7 Å². The van der Waals surface area contributed by atoms with Gasteiger partial charge in [0, 0.05) is 52.3 Å². The molecule has 122 valence electrons. The molecule has 0 amide bonds. The molecule has 1 rings (SSSR count). The third-order valence-electron chi connectivity index (χ3n) is 3.28. The predicted octanol–water partition coefficient (Wildman–Crippen LogP) is 1.51. The third kappa shape index (κ3) is 7.62. The average molecular weight is 298 g/mol. The molecule has 1 N–H and O–H groups in total. The van der Waals surface area contributed by atoms with Crippen LogP contribution in [0.2, 0.25) is 0 Å². The Balaban J connectivity index is 2.43. The van der Waals surface area contributed by atoms with Crippen molar-refractivity contribution in [2.24, 2.45) is 13.0 Å². The minimum atomic E-state index is -0.471. The van der Waals surface area contributed by atoms with Crippen LogP contribution in [0.3, 0.4) is 0 Å². The lowest BCUT2D eigenvalue weighted by Gasteiger charge is -2.25. The summed E-state index contributed by atoms with van der Waals surface area (Å²) in [5.74, 6) is 0.491. The maximum Gasteiger partial charge on any atom is 0.0900 e. The van der Waals surface area contributed by atoms with Crippen LogP contribution >= 0.6 is 0 Å². The molecular formula is C16H30N2O3. The number of methoxy groups -OCH3 is 1. The first-order chi connectivity index (χ1) is 10.0. The molecule has 0 bridgehead atoms. The number of hydrogen-bond donors (Lipinski definition) is 1. The van der Waals surface area contributed by atoms with Crippen LogP contribution in [0.15, 0.2) is 18.3 Å². The van der Waals surface area contributed by atoms with Crippen molar-refractivity contribution >= 4 is 0 Å². The molecule has 0 spiro atoms. The van der Waals surface area contributed by atoms with Crippen molar-refractivity contribution in [1.29, 1.82) is 0 Å². The van der Waals surface area contributed by atoms with E-state index < -0.39 is 6.10 Å². The molecule has 1 heterocycles. The van der Waals surface area contributed by atoms with E-state index in [1.807, 2.05) is 19.3 Å². The van der Waals surface area contributed by atoms with Crippen molar-refractivity contribution in [3.05, 3.63) is 24.0 Å². The largest absolute Gasteiger partial charge is 0.389 e. The lowest BCUT2D eigenvalue weighted by molar-refractivity contribution is 0.00304. The summed E-state index contributed by atoms with van der Waals surface area (Å²) >= 11 is 0. The van der Waals surface area contributed by atoms with E-state index in [9.17, 15) is 5.11 Å². The Morgan fingerprint density at radius 1 is 1.33 bits per heavy atom. The highest BCUT2D eigenvalue weighted by Gasteiger charge is 2.14. The topological polar surface area (TPSA) is 46.9 Å². The minimum Gasteiger partial charge on any atom is -0.389 e. The van der Waals surface area contributed by atoms with Gasteiger partial charge in [-0.1, -0.05) is 13.8 Å². The van der Waals surface area contributed by atoms with Crippen molar-refractivity contribution in [3.8, 4) is 0 Å². The highest BCUT2D eigenvalue weighted by molar-refractivity contribution is 5.06. The molecule has 1 aromatic rings. The molecule has 0 saturated heterocycles. The summed E-state index contributed by atoms with van der Waals surface area (Å²) in [7, 11) is 3.73. The first-order valence-corrected chi connectivity index (χ1v) is 7.60. The van der Waals surface area contributed by atoms with Gasteiger partial charge in [-0.15, -0.1) is 0 Å². The normalized spacial score (nSPS) is 13.3. The van der Waals surface area contributed by atoms with Crippen LogP contribution in [0, 0.1) is 5.92 Å².